The number of alkyl halides is 1. The smallest absolute Gasteiger partial charge is 0.119 e. The molecule has 1 aromatic carbocycles. The number of benzene rings is 1. The third kappa shape index (κ3) is 5.43. The van der Waals surface area contributed by atoms with Crippen LogP contribution >= 0.6 is 27.5 Å². The van der Waals surface area contributed by atoms with Gasteiger partial charge in [-0.05, 0) is 43.0 Å². The van der Waals surface area contributed by atoms with E-state index in [2.05, 4.69) is 22.9 Å². The minimum absolute atomic E-state index is 0.705. The second-order valence-electron chi connectivity index (χ2n) is 3.67. The van der Waals surface area contributed by atoms with Crippen LogP contribution in [-0.4, -0.2) is 11.9 Å². The zero-order chi connectivity index (χ0) is 11.1. The second-order valence-corrected chi connectivity index (χ2v) is 4.90. The van der Waals surface area contributed by atoms with E-state index in [1.165, 1.54) is 6.42 Å². The van der Waals surface area contributed by atoms with E-state index in [1.54, 1.807) is 0 Å². The Morgan fingerprint density at radius 2 is 1.93 bits per heavy atom. The molecule has 15 heavy (non-hydrogen) atoms. The molecule has 0 amide bonds. The maximum atomic E-state index is 5.78. The molecule has 0 spiro atoms. The minimum Gasteiger partial charge on any atom is -0.494 e. The second kappa shape index (κ2) is 7.13. The van der Waals surface area contributed by atoms with Gasteiger partial charge in [0.2, 0.25) is 0 Å². The van der Waals surface area contributed by atoms with E-state index < -0.39 is 0 Å². The van der Waals surface area contributed by atoms with Gasteiger partial charge in [0.1, 0.15) is 5.75 Å². The molecule has 0 saturated carbocycles. The highest BCUT2D eigenvalue weighted by Gasteiger charge is 2.01. The number of hydrogen-bond acceptors (Lipinski definition) is 1. The van der Waals surface area contributed by atoms with Crippen molar-refractivity contribution in [2.45, 2.75) is 19.8 Å². The van der Waals surface area contributed by atoms with E-state index in [0.29, 0.717) is 5.92 Å². The zero-order valence-electron chi connectivity index (χ0n) is 8.88. The zero-order valence-corrected chi connectivity index (χ0v) is 11.2. The van der Waals surface area contributed by atoms with Crippen molar-refractivity contribution in [2.75, 3.05) is 11.9 Å². The maximum Gasteiger partial charge on any atom is 0.119 e. The fourth-order valence-electron chi connectivity index (χ4n) is 1.24. The van der Waals surface area contributed by atoms with Crippen molar-refractivity contribution < 1.29 is 4.74 Å². The molecule has 0 fully saturated rings. The molecule has 3 heteroatoms. The summed E-state index contributed by atoms with van der Waals surface area (Å²) >= 11 is 9.22. The molecule has 0 aromatic heterocycles. The van der Waals surface area contributed by atoms with Gasteiger partial charge in [-0.2, -0.15) is 0 Å². The normalized spacial score (nSPS) is 12.5. The van der Waals surface area contributed by atoms with Crippen LogP contribution in [-0.2, 0) is 0 Å². The van der Waals surface area contributed by atoms with Gasteiger partial charge in [-0.1, -0.05) is 34.5 Å². The Balaban J connectivity index is 2.22. The lowest BCUT2D eigenvalue weighted by Gasteiger charge is -2.10. The molecule has 1 aromatic rings. The third-order valence-corrected chi connectivity index (χ3v) is 3.00. The predicted molar refractivity (Wildman–Crippen MR) is 69.1 cm³/mol. The quantitative estimate of drug-likeness (QED) is 0.700. The Bertz CT molecular complexity index is 273. The molecule has 84 valence electrons. The molecule has 0 bridgehead atoms. The average Bonchev–Trinajstić information content (AvgIpc) is 2.21. The van der Waals surface area contributed by atoms with Gasteiger partial charge < -0.3 is 4.74 Å². The summed E-state index contributed by atoms with van der Waals surface area (Å²) in [5.41, 5.74) is 0. The van der Waals surface area contributed by atoms with Gasteiger partial charge in [0.05, 0.1) is 6.61 Å². The SMILES string of the molecule is CC(CCBr)CCOc1ccc(Cl)cc1. The summed E-state index contributed by atoms with van der Waals surface area (Å²) in [6.45, 7) is 3.02. The summed E-state index contributed by atoms with van der Waals surface area (Å²) in [7, 11) is 0. The Labute approximate surface area is 105 Å². The van der Waals surface area contributed by atoms with Gasteiger partial charge in [-0.15, -0.1) is 0 Å². The van der Waals surface area contributed by atoms with E-state index >= 15 is 0 Å². The first kappa shape index (κ1) is 12.9. The Kier molecular flexibility index (Phi) is 6.11. The molecule has 0 heterocycles. The van der Waals surface area contributed by atoms with Crippen LogP contribution in [0.5, 0.6) is 5.75 Å². The van der Waals surface area contributed by atoms with Crippen LogP contribution < -0.4 is 4.74 Å². The van der Waals surface area contributed by atoms with E-state index in [9.17, 15) is 0 Å². The van der Waals surface area contributed by atoms with Gasteiger partial charge in [0.25, 0.3) is 0 Å². The highest BCUT2D eigenvalue weighted by Crippen LogP contribution is 2.16. The minimum atomic E-state index is 0.705. The highest BCUT2D eigenvalue weighted by atomic mass is 79.9. The molecular weight excluding hydrogens is 275 g/mol. The molecule has 0 saturated heterocycles. The monoisotopic (exact) mass is 290 g/mol. The van der Waals surface area contributed by atoms with E-state index in [0.717, 1.165) is 29.1 Å². The van der Waals surface area contributed by atoms with Crippen LogP contribution in [0.2, 0.25) is 5.02 Å². The van der Waals surface area contributed by atoms with Gasteiger partial charge in [0.15, 0.2) is 0 Å². The summed E-state index contributed by atoms with van der Waals surface area (Å²) in [5.74, 6) is 1.60. The Morgan fingerprint density at radius 3 is 2.53 bits per heavy atom. The maximum absolute atomic E-state index is 5.78. The summed E-state index contributed by atoms with van der Waals surface area (Å²) in [4.78, 5) is 0. The van der Waals surface area contributed by atoms with Crippen LogP contribution in [0.15, 0.2) is 24.3 Å². The van der Waals surface area contributed by atoms with Crippen LogP contribution in [0.4, 0.5) is 0 Å². The molecule has 0 aliphatic heterocycles. The predicted octanol–water partition coefficient (Wildman–Crippen LogP) is 4.53. The fourth-order valence-corrected chi connectivity index (χ4v) is 2.15. The summed E-state index contributed by atoms with van der Waals surface area (Å²) in [6, 6.07) is 7.49. The number of rotatable bonds is 6. The lowest BCUT2D eigenvalue weighted by atomic mass is 10.1. The molecule has 0 aliphatic carbocycles. The van der Waals surface area contributed by atoms with Gasteiger partial charge in [-0.3, -0.25) is 0 Å². The molecular formula is C12H16BrClO. The van der Waals surface area contributed by atoms with Crippen LogP contribution in [0.25, 0.3) is 0 Å². The number of hydrogen-bond donors (Lipinski definition) is 0. The van der Waals surface area contributed by atoms with Crippen molar-refractivity contribution in [2.24, 2.45) is 5.92 Å². The molecule has 1 unspecified atom stereocenters. The molecule has 0 aliphatic rings. The molecule has 1 rings (SSSR count). The van der Waals surface area contributed by atoms with E-state index in [1.807, 2.05) is 24.3 Å². The lowest BCUT2D eigenvalue weighted by molar-refractivity contribution is 0.282. The Hall–Kier alpha value is -0.210. The van der Waals surface area contributed by atoms with Crippen molar-refractivity contribution >= 4 is 27.5 Å². The van der Waals surface area contributed by atoms with Gasteiger partial charge in [-0.25, -0.2) is 0 Å². The average molecular weight is 292 g/mol. The first-order chi connectivity index (χ1) is 7.22. The molecule has 1 atom stereocenters. The topological polar surface area (TPSA) is 9.23 Å². The summed E-state index contributed by atoms with van der Waals surface area (Å²) in [5, 5.41) is 1.81. The van der Waals surface area contributed by atoms with Crippen molar-refractivity contribution in [3.05, 3.63) is 29.3 Å². The highest BCUT2D eigenvalue weighted by molar-refractivity contribution is 9.09. The van der Waals surface area contributed by atoms with Gasteiger partial charge >= 0.3 is 0 Å². The number of ether oxygens (including phenoxy) is 1. The largest absolute Gasteiger partial charge is 0.494 e. The first-order valence-electron chi connectivity index (χ1n) is 5.16. The van der Waals surface area contributed by atoms with E-state index in [4.69, 9.17) is 16.3 Å². The Morgan fingerprint density at radius 1 is 1.27 bits per heavy atom. The third-order valence-electron chi connectivity index (χ3n) is 2.29. The fraction of sp³-hybridized carbons (Fsp3) is 0.500. The molecule has 1 nitrogen and oxygen atoms in total. The van der Waals surface area contributed by atoms with Crippen molar-refractivity contribution in [3.63, 3.8) is 0 Å². The first-order valence-corrected chi connectivity index (χ1v) is 6.66. The summed E-state index contributed by atoms with van der Waals surface area (Å²) in [6.07, 6.45) is 2.29. The van der Waals surface area contributed by atoms with Crippen molar-refractivity contribution in [1.82, 2.24) is 0 Å². The van der Waals surface area contributed by atoms with Gasteiger partial charge in [0, 0.05) is 10.4 Å². The summed E-state index contributed by atoms with van der Waals surface area (Å²) < 4.78 is 5.60. The van der Waals surface area contributed by atoms with Crippen LogP contribution in [0.1, 0.15) is 19.8 Å². The van der Waals surface area contributed by atoms with Crippen molar-refractivity contribution in [3.8, 4) is 5.75 Å². The van der Waals surface area contributed by atoms with Crippen molar-refractivity contribution in [1.29, 1.82) is 0 Å². The molecule has 0 radical (unpaired) electrons. The van der Waals surface area contributed by atoms with Crippen LogP contribution in [0.3, 0.4) is 0 Å². The lowest BCUT2D eigenvalue weighted by Crippen LogP contribution is -2.04. The number of halogens is 2. The van der Waals surface area contributed by atoms with Crippen LogP contribution in [0, 0.1) is 5.92 Å². The van der Waals surface area contributed by atoms with E-state index in [-0.39, 0.29) is 0 Å². The molecule has 0 N–H and O–H groups in total. The standard InChI is InChI=1S/C12H16BrClO/c1-10(6-8-13)7-9-15-12-4-2-11(14)3-5-12/h2-5,10H,6-9H2,1H3.